The summed E-state index contributed by atoms with van der Waals surface area (Å²) in [6.45, 7) is 1.38. The summed E-state index contributed by atoms with van der Waals surface area (Å²) in [6.07, 6.45) is -0.778. The summed E-state index contributed by atoms with van der Waals surface area (Å²) in [5.74, 6) is 0.0735. The zero-order valence-corrected chi connectivity index (χ0v) is 9.80. The van der Waals surface area contributed by atoms with Crippen molar-refractivity contribution in [2.75, 3.05) is 13.2 Å². The first-order valence-corrected chi connectivity index (χ1v) is 5.33. The van der Waals surface area contributed by atoms with Gasteiger partial charge in [-0.25, -0.2) is 4.79 Å². The second-order valence-corrected chi connectivity index (χ2v) is 3.53. The monoisotopic (exact) mass is 252 g/mol. The number of amides is 1. The molecule has 0 aromatic heterocycles. The Kier molecular flexibility index (Phi) is 5.46. The molecule has 1 aromatic rings. The lowest BCUT2D eigenvalue weighted by molar-refractivity contribution is 0.157. The van der Waals surface area contributed by atoms with Gasteiger partial charge in [0.05, 0.1) is 0 Å². The molecule has 0 bridgehead atoms. The van der Waals surface area contributed by atoms with Crippen molar-refractivity contribution in [3.8, 4) is 0 Å². The van der Waals surface area contributed by atoms with Gasteiger partial charge in [-0.1, -0.05) is 29.4 Å². The number of oxime groups is 1. The number of carbonyl (C=O) groups excluding carboxylic acids is 1. The van der Waals surface area contributed by atoms with Crippen LogP contribution in [0.15, 0.2) is 29.4 Å². The number of primary amides is 1. The summed E-state index contributed by atoms with van der Waals surface area (Å²) < 4.78 is 4.56. The molecule has 1 aromatic carbocycles. The van der Waals surface area contributed by atoms with E-state index >= 15 is 0 Å². The molecule has 1 rings (SSSR count). The fraction of sp³-hybridized carbons (Fsp3) is 0.273. The minimum Gasteiger partial charge on any atom is -0.448 e. The molecule has 0 unspecified atom stereocenters. The predicted molar refractivity (Wildman–Crippen MR) is 66.2 cm³/mol. The quantitative estimate of drug-likeness (QED) is 0.186. The maximum absolute atomic E-state index is 10.3. The molecule has 18 heavy (non-hydrogen) atoms. The van der Waals surface area contributed by atoms with Crippen LogP contribution in [0.4, 0.5) is 4.79 Å². The Labute approximate surface area is 104 Å². The van der Waals surface area contributed by atoms with Gasteiger partial charge in [0.2, 0.25) is 0 Å². The van der Waals surface area contributed by atoms with E-state index in [1.807, 2.05) is 12.1 Å². The molecule has 0 saturated carbocycles. The average Bonchev–Trinajstić information content (AvgIpc) is 2.38. The van der Waals surface area contributed by atoms with Crippen LogP contribution < -0.4 is 16.8 Å². The summed E-state index contributed by atoms with van der Waals surface area (Å²) >= 11 is 0. The van der Waals surface area contributed by atoms with Crippen LogP contribution in [-0.2, 0) is 11.3 Å². The van der Waals surface area contributed by atoms with E-state index in [0.717, 1.165) is 5.56 Å². The van der Waals surface area contributed by atoms with Gasteiger partial charge in [-0.2, -0.15) is 0 Å². The molecule has 0 radical (unpaired) electrons. The van der Waals surface area contributed by atoms with Gasteiger partial charge in [0.25, 0.3) is 0 Å². The van der Waals surface area contributed by atoms with Gasteiger partial charge in [-0.3, -0.25) is 0 Å². The first-order chi connectivity index (χ1) is 8.63. The van der Waals surface area contributed by atoms with Gasteiger partial charge in [-0.15, -0.1) is 0 Å². The van der Waals surface area contributed by atoms with Crippen LogP contribution in [0, 0.1) is 0 Å². The van der Waals surface area contributed by atoms with Crippen molar-refractivity contribution in [3.05, 3.63) is 35.4 Å². The number of ether oxygens (including phenoxy) is 1. The Bertz CT molecular complexity index is 417. The van der Waals surface area contributed by atoms with E-state index in [-0.39, 0.29) is 12.4 Å². The number of nitrogens with zero attached hydrogens (tertiary/aromatic N) is 1. The standard InChI is InChI=1S/C11H16N4O3/c12-10(15-17)9-3-1-8(2-4-9)7-14-5-6-18-11(13)16/h1-4,14,17H,5-7H2,(H2,12,15)(H2,13,16). The van der Waals surface area contributed by atoms with E-state index in [4.69, 9.17) is 16.7 Å². The number of nitrogens with two attached hydrogens (primary N) is 2. The van der Waals surface area contributed by atoms with Crippen molar-refractivity contribution in [1.29, 1.82) is 0 Å². The second kappa shape index (κ2) is 7.13. The van der Waals surface area contributed by atoms with Crippen molar-refractivity contribution in [2.24, 2.45) is 16.6 Å². The van der Waals surface area contributed by atoms with Crippen LogP contribution in [-0.4, -0.2) is 30.3 Å². The summed E-state index contributed by atoms with van der Waals surface area (Å²) in [4.78, 5) is 10.3. The van der Waals surface area contributed by atoms with E-state index in [0.29, 0.717) is 18.7 Å². The molecular weight excluding hydrogens is 236 g/mol. The molecule has 0 saturated heterocycles. The van der Waals surface area contributed by atoms with E-state index in [9.17, 15) is 4.79 Å². The topological polar surface area (TPSA) is 123 Å². The first kappa shape index (κ1) is 13.8. The molecule has 0 aliphatic heterocycles. The highest BCUT2D eigenvalue weighted by Crippen LogP contribution is 2.03. The summed E-state index contributed by atoms with van der Waals surface area (Å²) in [5.41, 5.74) is 11.9. The number of rotatable bonds is 6. The van der Waals surface area contributed by atoms with Gasteiger partial charge in [-0.05, 0) is 5.56 Å². The number of carbonyl (C=O) groups is 1. The Morgan fingerprint density at radius 3 is 2.56 bits per heavy atom. The third-order valence-electron chi connectivity index (χ3n) is 2.21. The van der Waals surface area contributed by atoms with E-state index in [1.54, 1.807) is 12.1 Å². The molecule has 6 N–H and O–H groups in total. The lowest BCUT2D eigenvalue weighted by atomic mass is 10.1. The maximum atomic E-state index is 10.3. The number of hydrogen-bond acceptors (Lipinski definition) is 5. The Balaban J connectivity index is 2.33. The van der Waals surface area contributed by atoms with Crippen LogP contribution >= 0.6 is 0 Å². The normalized spacial score (nSPS) is 11.2. The van der Waals surface area contributed by atoms with E-state index in [1.165, 1.54) is 0 Å². The fourth-order valence-electron chi connectivity index (χ4n) is 1.31. The van der Waals surface area contributed by atoms with Gasteiger partial charge in [0, 0.05) is 18.7 Å². The second-order valence-electron chi connectivity index (χ2n) is 3.53. The van der Waals surface area contributed by atoms with Crippen LogP contribution in [0.3, 0.4) is 0 Å². The highest BCUT2D eigenvalue weighted by Gasteiger charge is 1.99. The number of amidine groups is 1. The molecule has 0 aliphatic carbocycles. The highest BCUT2D eigenvalue weighted by molar-refractivity contribution is 5.96. The van der Waals surface area contributed by atoms with Crippen LogP contribution in [0.2, 0.25) is 0 Å². The predicted octanol–water partition coefficient (Wildman–Crippen LogP) is -0.0340. The largest absolute Gasteiger partial charge is 0.448 e. The third kappa shape index (κ3) is 4.71. The zero-order valence-electron chi connectivity index (χ0n) is 9.80. The minimum atomic E-state index is -0.778. The van der Waals surface area contributed by atoms with Crippen molar-refractivity contribution >= 4 is 11.9 Å². The van der Waals surface area contributed by atoms with Crippen molar-refractivity contribution in [3.63, 3.8) is 0 Å². The molecule has 1 amide bonds. The third-order valence-corrected chi connectivity index (χ3v) is 2.21. The SMILES string of the molecule is NC(=O)OCCNCc1ccc(/C(N)=N/O)cc1. The zero-order chi connectivity index (χ0) is 13.4. The number of nitrogens with one attached hydrogen (secondary N) is 1. The molecule has 0 atom stereocenters. The highest BCUT2D eigenvalue weighted by atomic mass is 16.5. The van der Waals surface area contributed by atoms with Gasteiger partial charge < -0.3 is 26.7 Å². The van der Waals surface area contributed by atoms with Gasteiger partial charge >= 0.3 is 6.09 Å². The Hall–Kier alpha value is -2.28. The first-order valence-electron chi connectivity index (χ1n) is 5.33. The lowest BCUT2D eigenvalue weighted by Gasteiger charge is -2.06. The van der Waals surface area contributed by atoms with Crippen LogP contribution in [0.25, 0.3) is 0 Å². The summed E-state index contributed by atoms with van der Waals surface area (Å²) in [5, 5.41) is 14.5. The smallest absolute Gasteiger partial charge is 0.404 e. The van der Waals surface area contributed by atoms with Crippen molar-refractivity contribution < 1.29 is 14.7 Å². The van der Waals surface area contributed by atoms with Gasteiger partial charge in [0.1, 0.15) is 6.61 Å². The summed E-state index contributed by atoms with van der Waals surface area (Å²) in [6, 6.07) is 7.22. The molecule has 0 heterocycles. The number of benzene rings is 1. The molecule has 7 heteroatoms. The van der Waals surface area contributed by atoms with Crippen molar-refractivity contribution in [2.45, 2.75) is 6.54 Å². The average molecular weight is 252 g/mol. The lowest BCUT2D eigenvalue weighted by Crippen LogP contribution is -2.23. The van der Waals surface area contributed by atoms with Crippen LogP contribution in [0.5, 0.6) is 0 Å². The fourth-order valence-corrected chi connectivity index (χ4v) is 1.31. The molecule has 98 valence electrons. The van der Waals surface area contributed by atoms with Gasteiger partial charge in [0.15, 0.2) is 5.84 Å². The van der Waals surface area contributed by atoms with E-state index < -0.39 is 6.09 Å². The van der Waals surface area contributed by atoms with E-state index in [2.05, 4.69) is 15.2 Å². The number of hydrogen-bond donors (Lipinski definition) is 4. The Morgan fingerprint density at radius 2 is 2.00 bits per heavy atom. The minimum absolute atomic E-state index is 0.0735. The molecule has 0 fully saturated rings. The van der Waals surface area contributed by atoms with Crippen molar-refractivity contribution in [1.82, 2.24) is 5.32 Å². The molecule has 7 nitrogen and oxygen atoms in total. The van der Waals surface area contributed by atoms with Crippen LogP contribution in [0.1, 0.15) is 11.1 Å². The summed E-state index contributed by atoms with van der Waals surface area (Å²) in [7, 11) is 0. The molecular formula is C11H16N4O3. The Morgan fingerprint density at radius 1 is 1.33 bits per heavy atom. The molecule has 0 aliphatic rings. The molecule has 0 spiro atoms. The maximum Gasteiger partial charge on any atom is 0.404 e.